The number of benzene rings is 1. The van der Waals surface area contributed by atoms with Crippen molar-refractivity contribution in [1.29, 1.82) is 0 Å². The number of fused-ring (bicyclic) bond motifs is 2. The molecule has 0 spiro atoms. The minimum absolute atomic E-state index is 0.112. The van der Waals surface area contributed by atoms with Gasteiger partial charge in [-0.3, -0.25) is 9.78 Å². The molecule has 0 bridgehead atoms. The number of terminal acetylenes is 1. The summed E-state index contributed by atoms with van der Waals surface area (Å²) in [6.07, 6.45) is 11.4. The molecule has 1 fully saturated rings. The van der Waals surface area contributed by atoms with Crippen LogP contribution in [0.2, 0.25) is 0 Å². The molecule has 0 saturated carbocycles. The van der Waals surface area contributed by atoms with Gasteiger partial charge in [-0.2, -0.15) is 0 Å². The fourth-order valence-corrected chi connectivity index (χ4v) is 3.71. The van der Waals surface area contributed by atoms with Crippen molar-refractivity contribution in [2.24, 2.45) is 5.92 Å². The average molecular weight is 314 g/mol. The molecule has 0 N–H and O–H groups in total. The smallest absolute Gasteiger partial charge is 0.236 e. The molecule has 1 aromatic heterocycles. The highest BCUT2D eigenvalue weighted by atomic mass is 16.2. The molecule has 118 valence electrons. The van der Waals surface area contributed by atoms with Crippen LogP contribution in [0.3, 0.4) is 0 Å². The van der Waals surface area contributed by atoms with Crippen LogP contribution in [0, 0.1) is 18.3 Å². The SMILES string of the molecule is C#Cc1cccnc1C1C(=O)N(C)C2=CCCC21.c1cc2cc-2c1. The normalized spacial score (nSPS) is 22.2. The van der Waals surface area contributed by atoms with Gasteiger partial charge in [0.25, 0.3) is 0 Å². The van der Waals surface area contributed by atoms with Gasteiger partial charge in [0.15, 0.2) is 0 Å². The molecule has 3 nitrogen and oxygen atoms in total. The Morgan fingerprint density at radius 1 is 1.25 bits per heavy atom. The van der Waals surface area contributed by atoms with Gasteiger partial charge in [-0.1, -0.05) is 30.2 Å². The number of hydrogen-bond donors (Lipinski definition) is 0. The lowest BCUT2D eigenvalue weighted by atomic mass is 9.88. The van der Waals surface area contributed by atoms with E-state index in [4.69, 9.17) is 6.42 Å². The summed E-state index contributed by atoms with van der Waals surface area (Å²) >= 11 is 0. The molecule has 2 atom stereocenters. The molecule has 1 amide bonds. The molecule has 2 unspecified atom stereocenters. The first kappa shape index (κ1) is 14.7. The van der Waals surface area contributed by atoms with Crippen molar-refractivity contribution in [1.82, 2.24) is 9.88 Å². The summed E-state index contributed by atoms with van der Waals surface area (Å²) in [5.41, 5.74) is 5.48. The predicted molar refractivity (Wildman–Crippen MR) is 93.9 cm³/mol. The van der Waals surface area contributed by atoms with Crippen molar-refractivity contribution in [3.8, 4) is 23.5 Å². The number of carbonyl (C=O) groups excluding carboxylic acids is 1. The van der Waals surface area contributed by atoms with Crippen molar-refractivity contribution in [2.75, 3.05) is 7.05 Å². The van der Waals surface area contributed by atoms with Crippen LogP contribution in [0.5, 0.6) is 0 Å². The van der Waals surface area contributed by atoms with E-state index in [-0.39, 0.29) is 17.7 Å². The van der Waals surface area contributed by atoms with E-state index in [2.05, 4.69) is 41.2 Å². The number of amides is 1. The highest BCUT2D eigenvalue weighted by Gasteiger charge is 2.46. The summed E-state index contributed by atoms with van der Waals surface area (Å²) < 4.78 is 0. The lowest BCUT2D eigenvalue weighted by Crippen LogP contribution is -2.22. The summed E-state index contributed by atoms with van der Waals surface area (Å²) in [6.45, 7) is 0. The zero-order valence-electron chi connectivity index (χ0n) is 13.6. The van der Waals surface area contributed by atoms with Crippen LogP contribution in [0.15, 0.2) is 54.4 Å². The Bertz CT molecular complexity index is 873. The molecule has 4 aliphatic rings. The summed E-state index contributed by atoms with van der Waals surface area (Å²) in [4.78, 5) is 18.5. The standard InChI is InChI=1S/C15H14N2O.C6H4/c1-3-10-6-5-9-16-14(10)13-11-7-4-8-12(11)17(2)15(13)18;1-2-5-4-6(5)3-1/h1,5-6,8-9,11,13H,4,7H2,2H3;1-4H. The third-order valence-electron chi connectivity index (χ3n) is 5.00. The quantitative estimate of drug-likeness (QED) is 0.643. The van der Waals surface area contributed by atoms with E-state index in [0.29, 0.717) is 0 Å². The monoisotopic (exact) mass is 314 g/mol. The third-order valence-corrected chi connectivity index (χ3v) is 5.00. The number of allylic oxidation sites excluding steroid dienone is 2. The summed E-state index contributed by atoms with van der Waals surface area (Å²) in [6, 6.07) is 12.1. The van der Waals surface area contributed by atoms with Gasteiger partial charge in [0.1, 0.15) is 0 Å². The minimum Gasteiger partial charge on any atom is -0.319 e. The van der Waals surface area contributed by atoms with Crippen LogP contribution >= 0.6 is 0 Å². The fourth-order valence-electron chi connectivity index (χ4n) is 3.71. The van der Waals surface area contributed by atoms with Crippen LogP contribution in [0.25, 0.3) is 11.1 Å². The Hall–Kier alpha value is -2.86. The summed E-state index contributed by atoms with van der Waals surface area (Å²) in [5, 5.41) is 0. The van der Waals surface area contributed by atoms with Crippen molar-refractivity contribution in [3.63, 3.8) is 0 Å². The van der Waals surface area contributed by atoms with Crippen LogP contribution in [0.1, 0.15) is 30.0 Å². The van der Waals surface area contributed by atoms with Gasteiger partial charge >= 0.3 is 0 Å². The van der Waals surface area contributed by atoms with Gasteiger partial charge < -0.3 is 4.90 Å². The van der Waals surface area contributed by atoms with Crippen LogP contribution in [0.4, 0.5) is 0 Å². The second-order valence-corrected chi connectivity index (χ2v) is 6.35. The first-order valence-electron chi connectivity index (χ1n) is 8.20. The Balaban J connectivity index is 0.000000201. The lowest BCUT2D eigenvalue weighted by Gasteiger charge is -2.14. The lowest BCUT2D eigenvalue weighted by molar-refractivity contribution is -0.127. The van der Waals surface area contributed by atoms with E-state index in [1.54, 1.807) is 11.1 Å². The van der Waals surface area contributed by atoms with E-state index in [9.17, 15) is 4.79 Å². The number of hydrogen-bond acceptors (Lipinski definition) is 2. The molecule has 1 aromatic rings. The fraction of sp³-hybridized carbons (Fsp3) is 0.238. The Morgan fingerprint density at radius 3 is 2.67 bits per heavy atom. The molecule has 24 heavy (non-hydrogen) atoms. The topological polar surface area (TPSA) is 33.2 Å². The second-order valence-electron chi connectivity index (χ2n) is 6.35. The van der Waals surface area contributed by atoms with Gasteiger partial charge in [-0.15, -0.1) is 6.42 Å². The number of pyridine rings is 1. The van der Waals surface area contributed by atoms with Crippen LogP contribution in [-0.4, -0.2) is 22.8 Å². The molecule has 0 aromatic carbocycles. The number of aromatic nitrogens is 1. The molecule has 1 aliphatic heterocycles. The summed E-state index contributed by atoms with van der Waals surface area (Å²) in [7, 11) is 1.84. The number of nitrogens with zero attached hydrogens (tertiary/aromatic N) is 2. The minimum atomic E-state index is -0.198. The predicted octanol–water partition coefficient (Wildman–Crippen LogP) is 3.58. The number of rotatable bonds is 1. The molecule has 3 aliphatic carbocycles. The highest BCUT2D eigenvalue weighted by Crippen LogP contribution is 2.46. The van der Waals surface area contributed by atoms with E-state index < -0.39 is 0 Å². The number of likely N-dealkylation sites (tertiary alicyclic amines) is 1. The van der Waals surface area contributed by atoms with Crippen molar-refractivity contribution >= 4 is 5.91 Å². The van der Waals surface area contributed by atoms with Crippen molar-refractivity contribution in [3.05, 3.63) is 65.6 Å². The molecular formula is C21H18N2O. The highest BCUT2D eigenvalue weighted by molar-refractivity contribution is 5.89. The maximum Gasteiger partial charge on any atom is 0.236 e. The van der Waals surface area contributed by atoms with E-state index in [1.807, 2.05) is 19.2 Å². The van der Waals surface area contributed by atoms with E-state index in [1.165, 1.54) is 11.1 Å². The summed E-state index contributed by atoms with van der Waals surface area (Å²) in [5.74, 6) is 2.80. The Labute approximate surface area is 142 Å². The zero-order valence-corrected chi connectivity index (χ0v) is 13.6. The second kappa shape index (κ2) is 5.65. The average Bonchev–Trinajstić information content (AvgIpc) is 2.95. The Morgan fingerprint density at radius 2 is 2.04 bits per heavy atom. The van der Waals surface area contributed by atoms with E-state index >= 15 is 0 Å². The van der Waals surface area contributed by atoms with Crippen LogP contribution < -0.4 is 0 Å². The molecule has 0 radical (unpaired) electrons. The molecular weight excluding hydrogens is 296 g/mol. The first-order valence-corrected chi connectivity index (χ1v) is 8.20. The Kier molecular flexibility index (Phi) is 3.46. The molecule has 3 heteroatoms. The largest absolute Gasteiger partial charge is 0.319 e. The van der Waals surface area contributed by atoms with E-state index in [0.717, 1.165) is 29.8 Å². The number of carbonyl (C=O) groups is 1. The maximum atomic E-state index is 12.4. The van der Waals surface area contributed by atoms with Crippen LogP contribution in [-0.2, 0) is 4.79 Å². The van der Waals surface area contributed by atoms with Gasteiger partial charge in [0.2, 0.25) is 5.91 Å². The van der Waals surface area contributed by atoms with Gasteiger partial charge in [0.05, 0.1) is 11.6 Å². The zero-order chi connectivity index (χ0) is 16.7. The van der Waals surface area contributed by atoms with Gasteiger partial charge in [-0.05, 0) is 42.2 Å². The van der Waals surface area contributed by atoms with Crippen molar-refractivity contribution in [2.45, 2.75) is 18.8 Å². The maximum absolute atomic E-state index is 12.4. The number of likely N-dealkylation sites (N-methyl/N-ethyl adjacent to an activating group) is 1. The van der Waals surface area contributed by atoms with Gasteiger partial charge in [-0.25, -0.2) is 0 Å². The first-order chi connectivity index (χ1) is 11.7. The van der Waals surface area contributed by atoms with Gasteiger partial charge in [0, 0.05) is 30.4 Å². The molecule has 2 heterocycles. The third kappa shape index (κ3) is 2.32. The molecule has 5 rings (SSSR count). The van der Waals surface area contributed by atoms with Crippen molar-refractivity contribution < 1.29 is 4.79 Å². The molecule has 1 saturated heterocycles.